The molecule has 5 nitrogen and oxygen atoms in total. The topological polar surface area (TPSA) is 62.7 Å². The van der Waals surface area contributed by atoms with Crippen LogP contribution in [0.25, 0.3) is 10.9 Å². The van der Waals surface area contributed by atoms with E-state index < -0.39 is 12.1 Å². The predicted molar refractivity (Wildman–Crippen MR) is 140 cm³/mol. The average molecular weight is 507 g/mol. The molecule has 0 aliphatic carbocycles. The second kappa shape index (κ2) is 12.6. The number of methoxy groups -OCH3 is 1. The van der Waals surface area contributed by atoms with E-state index in [1.807, 2.05) is 18.2 Å². The first-order chi connectivity index (χ1) is 17.9. The third-order valence-electron chi connectivity index (χ3n) is 7.19. The van der Waals surface area contributed by atoms with E-state index in [4.69, 9.17) is 4.74 Å². The molecule has 0 radical (unpaired) electrons. The van der Waals surface area contributed by atoms with Gasteiger partial charge in [0, 0.05) is 30.1 Å². The van der Waals surface area contributed by atoms with Gasteiger partial charge in [-0.3, -0.25) is 14.7 Å². The van der Waals surface area contributed by atoms with Crippen molar-refractivity contribution in [2.24, 2.45) is 11.8 Å². The van der Waals surface area contributed by atoms with Gasteiger partial charge < -0.3 is 9.84 Å². The van der Waals surface area contributed by atoms with E-state index in [1.54, 1.807) is 31.5 Å². The van der Waals surface area contributed by atoms with Crippen LogP contribution in [0.2, 0.25) is 0 Å². The van der Waals surface area contributed by atoms with Crippen LogP contribution in [0, 0.1) is 29.5 Å². The van der Waals surface area contributed by atoms with Crippen molar-refractivity contribution in [2.75, 3.05) is 26.7 Å². The molecule has 37 heavy (non-hydrogen) atoms. The molecule has 1 aliphatic heterocycles. The number of hydrogen-bond donors (Lipinski definition) is 1. The number of alkyl halides is 1. The van der Waals surface area contributed by atoms with Crippen LogP contribution in [-0.2, 0) is 4.79 Å². The third kappa shape index (κ3) is 7.27. The molecule has 2 aromatic carbocycles. The molecule has 7 heteroatoms. The molecule has 3 aromatic rings. The number of hydrogen-bond acceptors (Lipinski definition) is 4. The van der Waals surface area contributed by atoms with Crippen molar-refractivity contribution in [1.82, 2.24) is 9.88 Å². The lowest BCUT2D eigenvalue weighted by molar-refractivity contribution is -0.137. The molecule has 0 saturated carbocycles. The van der Waals surface area contributed by atoms with Crippen LogP contribution in [0.1, 0.15) is 49.4 Å². The molecule has 3 atom stereocenters. The van der Waals surface area contributed by atoms with Crippen LogP contribution in [0.3, 0.4) is 0 Å². The number of benzene rings is 2. The maximum atomic E-state index is 15.5. The maximum absolute atomic E-state index is 15.5. The molecule has 1 fully saturated rings. The van der Waals surface area contributed by atoms with Gasteiger partial charge in [-0.25, -0.2) is 8.78 Å². The van der Waals surface area contributed by atoms with Gasteiger partial charge in [0.15, 0.2) is 0 Å². The van der Waals surface area contributed by atoms with Crippen molar-refractivity contribution in [1.29, 1.82) is 0 Å². The highest BCUT2D eigenvalue weighted by Gasteiger charge is 2.30. The summed E-state index contributed by atoms with van der Waals surface area (Å²) in [6.45, 7) is 2.13. The number of halogens is 2. The Morgan fingerprint density at radius 3 is 2.76 bits per heavy atom. The number of pyridine rings is 1. The van der Waals surface area contributed by atoms with Gasteiger partial charge in [0.05, 0.1) is 19.2 Å². The van der Waals surface area contributed by atoms with Crippen molar-refractivity contribution in [3.05, 3.63) is 71.7 Å². The molecule has 2 heterocycles. The van der Waals surface area contributed by atoms with Crippen LogP contribution in [0.15, 0.2) is 54.7 Å². The Bertz CT molecular complexity index is 1270. The van der Waals surface area contributed by atoms with E-state index in [2.05, 4.69) is 21.7 Å². The Kier molecular flexibility index (Phi) is 9.08. The Morgan fingerprint density at radius 2 is 2.00 bits per heavy atom. The number of ether oxygens (including phenoxy) is 1. The van der Waals surface area contributed by atoms with Gasteiger partial charge >= 0.3 is 5.97 Å². The highest BCUT2D eigenvalue weighted by atomic mass is 19.1. The molecule has 1 aliphatic rings. The van der Waals surface area contributed by atoms with Gasteiger partial charge in [-0.2, -0.15) is 0 Å². The standard InChI is InChI=1S/C30H32F2N2O3/c1-37-25-10-12-29-27(19-25)26(14-16-33-29)28(32)11-6-22-15-18-34(20-23(22)7-13-30(35)36)17-2-3-21-4-8-24(31)9-5-21/h4-5,8-10,12,14,16,19,22-23,28H,6-7,11,13,15,17-18,20H2,1H3,(H,35,36)/t22?,23?,28-/m0/s1. The smallest absolute Gasteiger partial charge is 0.303 e. The number of likely N-dealkylation sites (tertiary alicyclic amines) is 1. The van der Waals surface area contributed by atoms with E-state index in [9.17, 15) is 14.3 Å². The Hall–Kier alpha value is -3.50. The number of rotatable bonds is 9. The van der Waals surface area contributed by atoms with Crippen molar-refractivity contribution in [2.45, 2.75) is 38.3 Å². The molecule has 0 bridgehead atoms. The lowest BCUT2D eigenvalue weighted by Gasteiger charge is -2.38. The molecule has 1 saturated heterocycles. The second-order valence-corrected chi connectivity index (χ2v) is 9.61. The van der Waals surface area contributed by atoms with Gasteiger partial charge in [-0.1, -0.05) is 11.8 Å². The zero-order valence-corrected chi connectivity index (χ0v) is 21.0. The van der Waals surface area contributed by atoms with Gasteiger partial charge in [0.1, 0.15) is 17.7 Å². The number of piperidine rings is 1. The van der Waals surface area contributed by atoms with E-state index in [0.717, 1.165) is 36.0 Å². The molecule has 1 aromatic heterocycles. The molecular formula is C30H32F2N2O3. The largest absolute Gasteiger partial charge is 0.497 e. The van der Waals surface area contributed by atoms with E-state index in [-0.39, 0.29) is 24.1 Å². The highest BCUT2D eigenvalue weighted by Crippen LogP contribution is 2.36. The lowest BCUT2D eigenvalue weighted by Crippen LogP contribution is -2.41. The van der Waals surface area contributed by atoms with Gasteiger partial charge in [0.25, 0.3) is 0 Å². The van der Waals surface area contributed by atoms with Crippen LogP contribution < -0.4 is 4.74 Å². The fourth-order valence-electron chi connectivity index (χ4n) is 5.16. The molecule has 0 spiro atoms. The monoisotopic (exact) mass is 506 g/mol. The number of aliphatic carboxylic acids is 1. The van der Waals surface area contributed by atoms with E-state index in [1.165, 1.54) is 12.1 Å². The van der Waals surface area contributed by atoms with Gasteiger partial charge in [-0.05, 0) is 98.2 Å². The Morgan fingerprint density at radius 1 is 1.19 bits per heavy atom. The summed E-state index contributed by atoms with van der Waals surface area (Å²) in [6.07, 6.45) is 3.09. The molecular weight excluding hydrogens is 474 g/mol. The summed E-state index contributed by atoms with van der Waals surface area (Å²) in [5, 5.41) is 10.0. The summed E-state index contributed by atoms with van der Waals surface area (Å²) in [4.78, 5) is 17.9. The summed E-state index contributed by atoms with van der Waals surface area (Å²) < 4.78 is 33.9. The second-order valence-electron chi connectivity index (χ2n) is 9.61. The first kappa shape index (κ1) is 26.6. The maximum Gasteiger partial charge on any atom is 0.303 e. The number of carboxylic acid groups (broad SMARTS) is 1. The van der Waals surface area contributed by atoms with E-state index in [0.29, 0.717) is 37.1 Å². The summed E-state index contributed by atoms with van der Waals surface area (Å²) in [5.74, 6) is 6.19. The number of carbonyl (C=O) groups is 1. The SMILES string of the molecule is COc1ccc2nccc([C@@H](F)CCC3CCN(CC#Cc4ccc(F)cc4)CC3CCC(=O)O)c2c1. The number of nitrogens with zero attached hydrogens (tertiary/aromatic N) is 2. The van der Waals surface area contributed by atoms with Crippen LogP contribution in [0.5, 0.6) is 5.75 Å². The molecule has 0 amide bonds. The zero-order chi connectivity index (χ0) is 26.2. The highest BCUT2D eigenvalue weighted by molar-refractivity contribution is 5.83. The van der Waals surface area contributed by atoms with Crippen molar-refractivity contribution in [3.8, 4) is 17.6 Å². The van der Waals surface area contributed by atoms with Crippen molar-refractivity contribution >= 4 is 16.9 Å². The van der Waals surface area contributed by atoms with Gasteiger partial charge in [0.2, 0.25) is 0 Å². The van der Waals surface area contributed by atoms with Gasteiger partial charge in [-0.15, -0.1) is 0 Å². The van der Waals surface area contributed by atoms with Crippen LogP contribution in [-0.4, -0.2) is 47.7 Å². The summed E-state index contributed by atoms with van der Waals surface area (Å²) >= 11 is 0. The van der Waals surface area contributed by atoms with Crippen LogP contribution >= 0.6 is 0 Å². The summed E-state index contributed by atoms with van der Waals surface area (Å²) in [5.41, 5.74) is 2.10. The normalized spacial score (nSPS) is 18.7. The Balaban J connectivity index is 1.39. The van der Waals surface area contributed by atoms with Crippen molar-refractivity contribution < 1.29 is 23.4 Å². The number of aromatic nitrogens is 1. The molecule has 2 unspecified atom stereocenters. The zero-order valence-electron chi connectivity index (χ0n) is 21.0. The fourth-order valence-corrected chi connectivity index (χ4v) is 5.16. The lowest BCUT2D eigenvalue weighted by atomic mass is 9.79. The third-order valence-corrected chi connectivity index (χ3v) is 7.19. The van der Waals surface area contributed by atoms with Crippen molar-refractivity contribution in [3.63, 3.8) is 0 Å². The first-order valence-electron chi connectivity index (χ1n) is 12.7. The predicted octanol–water partition coefficient (Wildman–Crippen LogP) is 6.03. The Labute approximate surface area is 216 Å². The molecule has 4 rings (SSSR count). The fraction of sp³-hybridized carbons (Fsp3) is 0.400. The number of fused-ring (bicyclic) bond motifs is 1. The van der Waals surface area contributed by atoms with Crippen LogP contribution in [0.4, 0.5) is 8.78 Å². The van der Waals surface area contributed by atoms with E-state index >= 15 is 4.39 Å². The molecule has 194 valence electrons. The average Bonchev–Trinajstić information content (AvgIpc) is 2.91. The number of carboxylic acids is 1. The summed E-state index contributed by atoms with van der Waals surface area (Å²) in [6, 6.07) is 13.3. The summed E-state index contributed by atoms with van der Waals surface area (Å²) in [7, 11) is 1.59. The quantitative estimate of drug-likeness (QED) is 0.359. The molecule has 1 N–H and O–H groups in total. The minimum atomic E-state index is -1.14. The minimum absolute atomic E-state index is 0.101. The minimum Gasteiger partial charge on any atom is -0.497 e. The first-order valence-corrected chi connectivity index (χ1v) is 12.7.